The van der Waals surface area contributed by atoms with Crippen LogP contribution in [0.2, 0.25) is 0 Å². The smallest absolute Gasteiger partial charge is 0.335 e. The molecule has 2 aliphatic heterocycles. The largest absolute Gasteiger partial charge is 0.344 e. The first-order valence-electron chi connectivity index (χ1n) is 12.6. The molecule has 3 amide bonds. The number of nitrogens with zero attached hydrogens (tertiary/aromatic N) is 8. The van der Waals surface area contributed by atoms with E-state index in [0.29, 0.717) is 51.3 Å². The van der Waals surface area contributed by atoms with E-state index in [-0.39, 0.29) is 18.0 Å². The van der Waals surface area contributed by atoms with Gasteiger partial charge in [-0.3, -0.25) is 4.79 Å². The van der Waals surface area contributed by atoms with Crippen LogP contribution in [0.4, 0.5) is 9.59 Å². The topological polar surface area (TPSA) is 99.8 Å². The molecule has 11 heteroatoms. The molecule has 1 aromatic carbocycles. The van der Waals surface area contributed by atoms with Crippen molar-refractivity contribution in [1.29, 1.82) is 0 Å². The van der Waals surface area contributed by atoms with E-state index < -0.39 is 0 Å². The zero-order valence-corrected chi connectivity index (χ0v) is 21.3. The molecule has 2 saturated heterocycles. The van der Waals surface area contributed by atoms with Crippen LogP contribution < -0.4 is 0 Å². The Balaban J connectivity index is 1.17. The molecule has 2 fully saturated rings. The molecule has 0 unspecified atom stereocenters. The lowest BCUT2D eigenvalue weighted by Gasteiger charge is -2.34. The summed E-state index contributed by atoms with van der Waals surface area (Å²) in [6, 6.07) is 7.28. The van der Waals surface area contributed by atoms with Crippen molar-refractivity contribution >= 4 is 18.0 Å². The number of benzene rings is 1. The lowest BCUT2D eigenvalue weighted by atomic mass is 10.0. The Labute approximate surface area is 215 Å². The number of hydrogen-bond donors (Lipinski definition) is 0. The minimum Gasteiger partial charge on any atom is -0.335 e. The molecule has 2 aromatic heterocycles. The van der Waals surface area contributed by atoms with Crippen molar-refractivity contribution in [3.63, 3.8) is 0 Å². The molecule has 0 bridgehead atoms. The van der Waals surface area contributed by atoms with Gasteiger partial charge in [-0.15, -0.1) is 0 Å². The maximum atomic E-state index is 13.2. The highest BCUT2D eigenvalue weighted by atomic mass is 16.2. The summed E-state index contributed by atoms with van der Waals surface area (Å²) in [6.45, 7) is 6.85. The number of aromatic nitrogens is 4. The zero-order chi connectivity index (χ0) is 25.9. The molecule has 0 radical (unpaired) electrons. The second kappa shape index (κ2) is 10.6. The fraction of sp³-hybridized carbons (Fsp3) is 0.423. The van der Waals surface area contributed by atoms with Gasteiger partial charge in [0.25, 0.3) is 5.91 Å². The van der Waals surface area contributed by atoms with Gasteiger partial charge in [-0.25, -0.2) is 9.59 Å². The van der Waals surface area contributed by atoms with Crippen molar-refractivity contribution in [3.8, 4) is 0 Å². The number of carbonyl (C=O) groups excluding carboxylic acids is 3. The first-order valence-corrected chi connectivity index (χ1v) is 12.6. The highest BCUT2D eigenvalue weighted by Crippen LogP contribution is 2.15. The summed E-state index contributed by atoms with van der Waals surface area (Å²) in [4.78, 5) is 46.1. The molecule has 11 nitrogen and oxygen atoms in total. The Morgan fingerprint density at radius 1 is 0.757 bits per heavy atom. The zero-order valence-electron chi connectivity index (χ0n) is 21.3. The summed E-state index contributed by atoms with van der Waals surface area (Å²) in [5.41, 5.74) is 3.42. The van der Waals surface area contributed by atoms with Crippen molar-refractivity contribution < 1.29 is 14.4 Å². The normalized spacial score (nSPS) is 16.8. The number of aryl methyl sites for hydroxylation is 1. The Hall–Kier alpha value is -3.99. The number of piperazine rings is 2. The molecule has 0 aliphatic carbocycles. The molecule has 0 spiro atoms. The van der Waals surface area contributed by atoms with Crippen molar-refractivity contribution in [1.82, 2.24) is 39.2 Å². The van der Waals surface area contributed by atoms with Crippen molar-refractivity contribution in [2.45, 2.75) is 13.3 Å². The van der Waals surface area contributed by atoms with Crippen LogP contribution in [0, 0.1) is 6.92 Å². The number of hydrogen-bond acceptors (Lipinski definition) is 6. The van der Waals surface area contributed by atoms with Gasteiger partial charge < -0.3 is 19.6 Å². The predicted octanol–water partition coefficient (Wildman–Crippen LogP) is 1.62. The summed E-state index contributed by atoms with van der Waals surface area (Å²) in [5.74, 6) is -0.0511. The van der Waals surface area contributed by atoms with Crippen LogP contribution >= 0.6 is 0 Å². The average Bonchev–Trinajstić information content (AvgIpc) is 3.57. The highest BCUT2D eigenvalue weighted by Gasteiger charge is 2.26. The predicted molar refractivity (Wildman–Crippen MR) is 137 cm³/mol. The van der Waals surface area contributed by atoms with E-state index in [0.717, 1.165) is 29.8 Å². The third-order valence-electron chi connectivity index (χ3n) is 6.93. The van der Waals surface area contributed by atoms with Crippen LogP contribution in [0.1, 0.15) is 27.0 Å². The van der Waals surface area contributed by atoms with E-state index in [1.807, 2.05) is 36.1 Å². The van der Waals surface area contributed by atoms with Gasteiger partial charge in [0, 0.05) is 76.7 Å². The van der Waals surface area contributed by atoms with Crippen LogP contribution in [0.3, 0.4) is 0 Å². The van der Waals surface area contributed by atoms with E-state index in [9.17, 15) is 14.4 Å². The SMILES string of the molecule is Cc1cnn(C(=O)N2CCN(C(=O)c3cccc(Cc4cnn(C(=O)N5CCN(C)CC5)c4)c3)CC2)c1. The van der Waals surface area contributed by atoms with Gasteiger partial charge in [0.05, 0.1) is 12.4 Å². The van der Waals surface area contributed by atoms with E-state index >= 15 is 0 Å². The third kappa shape index (κ3) is 5.56. The number of carbonyl (C=O) groups is 3. The fourth-order valence-electron chi connectivity index (χ4n) is 4.69. The van der Waals surface area contributed by atoms with Gasteiger partial charge >= 0.3 is 12.1 Å². The van der Waals surface area contributed by atoms with Crippen molar-refractivity contribution in [2.24, 2.45) is 0 Å². The second-order valence-electron chi connectivity index (χ2n) is 9.77. The molecule has 37 heavy (non-hydrogen) atoms. The Morgan fingerprint density at radius 3 is 2.00 bits per heavy atom. The minimum absolute atomic E-state index is 0.0511. The van der Waals surface area contributed by atoms with Crippen molar-refractivity contribution in [3.05, 3.63) is 71.3 Å². The van der Waals surface area contributed by atoms with E-state index in [4.69, 9.17) is 0 Å². The molecular weight excluding hydrogens is 472 g/mol. The highest BCUT2D eigenvalue weighted by molar-refractivity contribution is 5.94. The molecule has 0 N–H and O–H groups in total. The van der Waals surface area contributed by atoms with E-state index in [1.54, 1.807) is 34.6 Å². The molecule has 3 aromatic rings. The Morgan fingerprint density at radius 2 is 1.35 bits per heavy atom. The molecular formula is C26H32N8O3. The van der Waals surface area contributed by atoms with Crippen LogP contribution in [-0.2, 0) is 6.42 Å². The summed E-state index contributed by atoms with van der Waals surface area (Å²) in [5, 5.41) is 8.37. The maximum Gasteiger partial charge on any atom is 0.344 e. The standard InChI is InChI=1S/C26H32N8O3/c1-20-16-27-33(18-20)25(36)32-12-10-30(11-13-32)24(35)23-5-3-4-21(15-23)14-22-17-28-34(19-22)26(37)31-8-6-29(2)7-9-31/h3-5,15-19H,6-14H2,1-2H3. The van der Waals surface area contributed by atoms with E-state index in [1.165, 1.54) is 9.36 Å². The van der Waals surface area contributed by atoms with Gasteiger partial charge in [0.2, 0.25) is 0 Å². The monoisotopic (exact) mass is 504 g/mol. The van der Waals surface area contributed by atoms with Crippen LogP contribution in [0.25, 0.3) is 0 Å². The van der Waals surface area contributed by atoms with E-state index in [2.05, 4.69) is 22.1 Å². The fourth-order valence-corrected chi connectivity index (χ4v) is 4.69. The second-order valence-corrected chi connectivity index (χ2v) is 9.77. The molecule has 0 atom stereocenters. The van der Waals surface area contributed by atoms with Crippen molar-refractivity contribution in [2.75, 3.05) is 59.4 Å². The van der Waals surface area contributed by atoms with Crippen LogP contribution in [0.15, 0.2) is 49.1 Å². The van der Waals surface area contributed by atoms with Gasteiger partial charge in [-0.05, 0) is 42.8 Å². The van der Waals surface area contributed by atoms with Gasteiger partial charge in [0.1, 0.15) is 0 Å². The molecule has 4 heterocycles. The first kappa shape index (κ1) is 24.7. The summed E-state index contributed by atoms with van der Waals surface area (Å²) >= 11 is 0. The van der Waals surface area contributed by atoms with Gasteiger partial charge in [-0.1, -0.05) is 12.1 Å². The minimum atomic E-state index is -0.172. The van der Waals surface area contributed by atoms with Crippen LogP contribution in [0.5, 0.6) is 0 Å². The lowest BCUT2D eigenvalue weighted by Crippen LogP contribution is -2.51. The summed E-state index contributed by atoms with van der Waals surface area (Å²) in [6.07, 6.45) is 7.41. The van der Waals surface area contributed by atoms with Gasteiger partial charge in [-0.2, -0.15) is 19.6 Å². The summed E-state index contributed by atoms with van der Waals surface area (Å²) < 4.78 is 2.75. The van der Waals surface area contributed by atoms with Gasteiger partial charge in [0.15, 0.2) is 0 Å². The average molecular weight is 505 g/mol. The summed E-state index contributed by atoms with van der Waals surface area (Å²) in [7, 11) is 2.05. The maximum absolute atomic E-state index is 13.2. The first-order chi connectivity index (χ1) is 17.9. The number of rotatable bonds is 3. The third-order valence-corrected chi connectivity index (χ3v) is 6.93. The Bertz CT molecular complexity index is 1280. The quantitative estimate of drug-likeness (QED) is 0.538. The number of amides is 3. The molecule has 0 saturated carbocycles. The Kier molecular flexibility index (Phi) is 7.04. The molecule has 5 rings (SSSR count). The number of likely N-dealkylation sites (N-methyl/N-ethyl adjacent to an activating group) is 1. The van der Waals surface area contributed by atoms with Crippen LogP contribution in [-0.4, -0.2) is 117 Å². The lowest BCUT2D eigenvalue weighted by molar-refractivity contribution is 0.0664. The molecule has 2 aliphatic rings. The molecule has 194 valence electrons.